The standard InChI is InChI=1S/C9H11NO2S/c1-2-7-3-8(5-10-4-7)13-6-9(11)12/h3-5H,2,6H2,1H3,(H,11,12). The third-order valence-corrected chi connectivity index (χ3v) is 2.49. The van der Waals surface area contributed by atoms with Gasteiger partial charge in [-0.15, -0.1) is 11.8 Å². The van der Waals surface area contributed by atoms with Crippen LogP contribution in [-0.4, -0.2) is 21.8 Å². The molecule has 1 aromatic heterocycles. The molecule has 0 aliphatic rings. The number of aryl methyl sites for hydroxylation is 1. The molecule has 1 heterocycles. The quantitative estimate of drug-likeness (QED) is 0.748. The molecule has 0 atom stereocenters. The maximum atomic E-state index is 10.3. The number of pyridine rings is 1. The fourth-order valence-electron chi connectivity index (χ4n) is 0.881. The molecule has 0 aliphatic heterocycles. The third kappa shape index (κ3) is 3.46. The molecule has 0 aliphatic carbocycles. The fraction of sp³-hybridized carbons (Fsp3) is 0.333. The number of aliphatic carboxylic acids is 1. The summed E-state index contributed by atoms with van der Waals surface area (Å²) in [4.78, 5) is 15.2. The summed E-state index contributed by atoms with van der Waals surface area (Å²) in [6.45, 7) is 2.04. The van der Waals surface area contributed by atoms with E-state index >= 15 is 0 Å². The first-order valence-electron chi connectivity index (χ1n) is 4.01. The minimum absolute atomic E-state index is 0.0921. The molecule has 3 nitrogen and oxygen atoms in total. The second kappa shape index (κ2) is 4.87. The molecule has 70 valence electrons. The van der Waals surface area contributed by atoms with Crippen molar-refractivity contribution in [1.29, 1.82) is 0 Å². The largest absolute Gasteiger partial charge is 0.481 e. The average Bonchev–Trinajstić information content (AvgIpc) is 2.15. The highest BCUT2D eigenvalue weighted by Gasteiger charge is 2.00. The monoisotopic (exact) mass is 197 g/mol. The summed E-state index contributed by atoms with van der Waals surface area (Å²) in [6, 6.07) is 1.97. The summed E-state index contributed by atoms with van der Waals surface area (Å²) in [5, 5.41) is 8.46. The molecular weight excluding hydrogens is 186 g/mol. The lowest BCUT2D eigenvalue weighted by atomic mass is 10.2. The lowest BCUT2D eigenvalue weighted by Crippen LogP contribution is -1.97. The first kappa shape index (κ1) is 10.1. The molecule has 0 amide bonds. The van der Waals surface area contributed by atoms with E-state index in [9.17, 15) is 4.79 Å². The second-order valence-electron chi connectivity index (χ2n) is 2.56. The molecule has 1 N–H and O–H groups in total. The number of hydrogen-bond acceptors (Lipinski definition) is 3. The molecule has 0 bridgehead atoms. The van der Waals surface area contributed by atoms with Gasteiger partial charge in [-0.1, -0.05) is 6.92 Å². The highest BCUT2D eigenvalue weighted by molar-refractivity contribution is 8.00. The highest BCUT2D eigenvalue weighted by Crippen LogP contribution is 2.17. The van der Waals surface area contributed by atoms with E-state index < -0.39 is 5.97 Å². The Bertz CT molecular complexity index is 301. The van der Waals surface area contributed by atoms with Gasteiger partial charge in [0.1, 0.15) is 0 Å². The zero-order valence-electron chi connectivity index (χ0n) is 7.36. The summed E-state index contributed by atoms with van der Waals surface area (Å²) in [6.07, 6.45) is 4.41. The minimum Gasteiger partial charge on any atom is -0.481 e. The van der Waals surface area contributed by atoms with Crippen LogP contribution in [0.3, 0.4) is 0 Å². The Labute approximate surface area is 81.2 Å². The third-order valence-electron chi connectivity index (χ3n) is 1.54. The van der Waals surface area contributed by atoms with E-state index in [1.807, 2.05) is 13.0 Å². The summed E-state index contributed by atoms with van der Waals surface area (Å²) in [5.41, 5.74) is 1.13. The summed E-state index contributed by atoms with van der Waals surface area (Å²) in [7, 11) is 0. The van der Waals surface area contributed by atoms with Gasteiger partial charge in [0.15, 0.2) is 0 Å². The maximum absolute atomic E-state index is 10.3. The smallest absolute Gasteiger partial charge is 0.313 e. The molecule has 0 aromatic carbocycles. The predicted molar refractivity (Wildman–Crippen MR) is 52.0 cm³/mol. The first-order valence-corrected chi connectivity index (χ1v) is 4.99. The van der Waals surface area contributed by atoms with Gasteiger partial charge >= 0.3 is 5.97 Å². The van der Waals surface area contributed by atoms with Crippen molar-refractivity contribution in [3.05, 3.63) is 24.0 Å². The van der Waals surface area contributed by atoms with Crippen molar-refractivity contribution in [2.45, 2.75) is 18.2 Å². The van der Waals surface area contributed by atoms with Crippen LogP contribution in [-0.2, 0) is 11.2 Å². The normalized spacial score (nSPS) is 9.92. The number of hydrogen-bond donors (Lipinski definition) is 1. The van der Waals surface area contributed by atoms with Crippen molar-refractivity contribution >= 4 is 17.7 Å². The van der Waals surface area contributed by atoms with E-state index in [-0.39, 0.29) is 5.75 Å². The van der Waals surface area contributed by atoms with E-state index in [4.69, 9.17) is 5.11 Å². The van der Waals surface area contributed by atoms with Crippen LogP contribution in [0.15, 0.2) is 23.4 Å². The molecule has 1 aromatic rings. The van der Waals surface area contributed by atoms with Crippen molar-refractivity contribution in [3.63, 3.8) is 0 Å². The van der Waals surface area contributed by atoms with Crippen molar-refractivity contribution in [2.24, 2.45) is 0 Å². The van der Waals surface area contributed by atoms with Crippen LogP contribution < -0.4 is 0 Å². The number of thioether (sulfide) groups is 1. The number of carboxylic acids is 1. The zero-order valence-corrected chi connectivity index (χ0v) is 8.17. The number of carboxylic acid groups (broad SMARTS) is 1. The second-order valence-corrected chi connectivity index (χ2v) is 3.61. The van der Waals surface area contributed by atoms with Crippen molar-refractivity contribution in [1.82, 2.24) is 4.98 Å². The van der Waals surface area contributed by atoms with Crippen LogP contribution in [0.4, 0.5) is 0 Å². The number of carbonyl (C=O) groups is 1. The Kier molecular flexibility index (Phi) is 3.76. The SMILES string of the molecule is CCc1cncc(SCC(=O)O)c1. The van der Waals surface area contributed by atoms with Gasteiger partial charge in [-0.3, -0.25) is 9.78 Å². The van der Waals surface area contributed by atoms with Crippen molar-refractivity contribution in [3.8, 4) is 0 Å². The fourth-order valence-corrected chi connectivity index (χ4v) is 1.54. The molecular formula is C9H11NO2S. The van der Waals surface area contributed by atoms with Crippen LogP contribution in [0.1, 0.15) is 12.5 Å². The van der Waals surface area contributed by atoms with Crippen LogP contribution in [0, 0.1) is 0 Å². The Morgan fingerprint density at radius 2 is 2.38 bits per heavy atom. The van der Waals surface area contributed by atoms with Gasteiger partial charge < -0.3 is 5.11 Å². The molecule has 0 spiro atoms. The summed E-state index contributed by atoms with van der Waals surface area (Å²) in [5.74, 6) is -0.707. The van der Waals surface area contributed by atoms with E-state index in [0.717, 1.165) is 16.9 Å². The summed E-state index contributed by atoms with van der Waals surface area (Å²) >= 11 is 1.30. The number of aromatic nitrogens is 1. The highest BCUT2D eigenvalue weighted by atomic mass is 32.2. The van der Waals surface area contributed by atoms with E-state index in [1.165, 1.54) is 11.8 Å². The lowest BCUT2D eigenvalue weighted by Gasteiger charge is -2.00. The Balaban J connectivity index is 2.61. The Hall–Kier alpha value is -1.03. The van der Waals surface area contributed by atoms with Crippen LogP contribution >= 0.6 is 11.8 Å². The van der Waals surface area contributed by atoms with Crippen LogP contribution in [0.2, 0.25) is 0 Å². The summed E-state index contributed by atoms with van der Waals surface area (Å²) < 4.78 is 0. The number of rotatable bonds is 4. The van der Waals surface area contributed by atoms with Crippen molar-refractivity contribution in [2.75, 3.05) is 5.75 Å². The Morgan fingerprint density at radius 3 is 3.00 bits per heavy atom. The van der Waals surface area contributed by atoms with Crippen LogP contribution in [0.5, 0.6) is 0 Å². The van der Waals surface area contributed by atoms with E-state index in [0.29, 0.717) is 0 Å². The molecule has 0 radical (unpaired) electrons. The average molecular weight is 197 g/mol. The Morgan fingerprint density at radius 1 is 1.62 bits per heavy atom. The zero-order chi connectivity index (χ0) is 9.68. The van der Waals surface area contributed by atoms with E-state index in [1.54, 1.807) is 12.4 Å². The van der Waals surface area contributed by atoms with Crippen LogP contribution in [0.25, 0.3) is 0 Å². The van der Waals surface area contributed by atoms with E-state index in [2.05, 4.69) is 4.98 Å². The van der Waals surface area contributed by atoms with Gasteiger partial charge in [0.2, 0.25) is 0 Å². The molecule has 1 rings (SSSR count). The molecule has 4 heteroatoms. The topological polar surface area (TPSA) is 50.2 Å². The van der Waals surface area contributed by atoms with Crippen molar-refractivity contribution < 1.29 is 9.90 Å². The first-order chi connectivity index (χ1) is 6.22. The van der Waals surface area contributed by atoms with Gasteiger partial charge in [0.05, 0.1) is 5.75 Å². The van der Waals surface area contributed by atoms with Gasteiger partial charge in [-0.05, 0) is 18.1 Å². The number of nitrogens with zero attached hydrogens (tertiary/aromatic N) is 1. The van der Waals surface area contributed by atoms with Gasteiger partial charge in [-0.2, -0.15) is 0 Å². The molecule has 0 fully saturated rings. The molecule has 0 unspecified atom stereocenters. The molecule has 0 saturated carbocycles. The predicted octanol–water partition coefficient (Wildman–Crippen LogP) is 1.82. The van der Waals surface area contributed by atoms with Gasteiger partial charge in [0.25, 0.3) is 0 Å². The minimum atomic E-state index is -0.799. The van der Waals surface area contributed by atoms with Gasteiger partial charge in [0, 0.05) is 17.3 Å². The lowest BCUT2D eigenvalue weighted by molar-refractivity contribution is -0.133. The molecule has 13 heavy (non-hydrogen) atoms. The maximum Gasteiger partial charge on any atom is 0.313 e. The van der Waals surface area contributed by atoms with Gasteiger partial charge in [-0.25, -0.2) is 0 Å². The molecule has 0 saturated heterocycles.